The Bertz CT molecular complexity index is 943. The van der Waals surface area contributed by atoms with E-state index in [4.69, 9.17) is 0 Å². The molecule has 0 aliphatic heterocycles. The molecule has 2 aromatic carbocycles. The van der Waals surface area contributed by atoms with Gasteiger partial charge in [0.15, 0.2) is 0 Å². The zero-order chi connectivity index (χ0) is 18.1. The number of hydrogen-bond donors (Lipinski definition) is 1. The van der Waals surface area contributed by atoms with Crippen LogP contribution in [-0.4, -0.2) is 10.5 Å². The van der Waals surface area contributed by atoms with E-state index in [1.807, 2.05) is 18.4 Å². The van der Waals surface area contributed by atoms with Crippen LogP contribution in [0.4, 0.5) is 14.5 Å². The number of nitrogens with one attached hydrogen (secondary N) is 1. The Kier molecular flexibility index (Phi) is 4.40. The number of aromatic nitrogens is 1. The van der Waals surface area contributed by atoms with Gasteiger partial charge in [0.05, 0.1) is 5.56 Å². The van der Waals surface area contributed by atoms with Crippen LogP contribution < -0.4 is 5.32 Å². The highest BCUT2D eigenvalue weighted by molar-refractivity contribution is 6.05. The lowest BCUT2D eigenvalue weighted by Crippen LogP contribution is -2.14. The van der Waals surface area contributed by atoms with E-state index in [1.54, 1.807) is 31.2 Å². The second kappa shape index (κ2) is 6.51. The summed E-state index contributed by atoms with van der Waals surface area (Å²) in [5.41, 5.74) is 4.07. The molecule has 0 unspecified atom stereocenters. The van der Waals surface area contributed by atoms with Crippen molar-refractivity contribution in [3.05, 3.63) is 82.7 Å². The molecule has 0 saturated carbocycles. The molecule has 3 aromatic rings. The Morgan fingerprint density at radius 2 is 1.56 bits per heavy atom. The Labute approximate surface area is 144 Å². The topological polar surface area (TPSA) is 34.0 Å². The van der Waals surface area contributed by atoms with Crippen molar-refractivity contribution in [1.29, 1.82) is 0 Å². The molecule has 25 heavy (non-hydrogen) atoms. The number of aryl methyl sites for hydroxylation is 2. The molecule has 1 amide bonds. The second-order valence-electron chi connectivity index (χ2n) is 6.01. The first-order valence-electron chi connectivity index (χ1n) is 7.89. The summed E-state index contributed by atoms with van der Waals surface area (Å²) in [6.45, 7) is 5.50. The third kappa shape index (κ3) is 3.31. The molecule has 0 fully saturated rings. The largest absolute Gasteiger partial charge is 0.322 e. The number of carbonyl (C=O) groups excluding carboxylic acids is 1. The van der Waals surface area contributed by atoms with E-state index in [0.29, 0.717) is 11.3 Å². The smallest absolute Gasteiger partial charge is 0.257 e. The van der Waals surface area contributed by atoms with Crippen molar-refractivity contribution in [2.45, 2.75) is 20.8 Å². The number of benzene rings is 2. The molecule has 3 rings (SSSR count). The van der Waals surface area contributed by atoms with Gasteiger partial charge in [0.2, 0.25) is 0 Å². The van der Waals surface area contributed by atoms with Crippen LogP contribution in [0.25, 0.3) is 5.69 Å². The van der Waals surface area contributed by atoms with Crippen LogP contribution in [0.5, 0.6) is 0 Å². The molecule has 0 aliphatic rings. The van der Waals surface area contributed by atoms with Crippen LogP contribution in [0.15, 0.2) is 48.5 Å². The van der Waals surface area contributed by atoms with Gasteiger partial charge in [0.25, 0.3) is 5.91 Å². The summed E-state index contributed by atoms with van der Waals surface area (Å²) in [5, 5.41) is 2.76. The zero-order valence-corrected chi connectivity index (χ0v) is 14.2. The summed E-state index contributed by atoms with van der Waals surface area (Å²) in [6.07, 6.45) is 0. The number of halogens is 2. The lowest BCUT2D eigenvalue weighted by atomic mass is 10.1. The number of amides is 1. The highest BCUT2D eigenvalue weighted by Gasteiger charge is 2.17. The monoisotopic (exact) mass is 340 g/mol. The average Bonchev–Trinajstić information content (AvgIpc) is 2.87. The first kappa shape index (κ1) is 16.9. The van der Waals surface area contributed by atoms with E-state index in [0.717, 1.165) is 22.6 Å². The Balaban J connectivity index is 1.95. The van der Waals surface area contributed by atoms with Gasteiger partial charge in [-0.25, -0.2) is 8.78 Å². The molecule has 1 heterocycles. The van der Waals surface area contributed by atoms with E-state index >= 15 is 0 Å². The van der Waals surface area contributed by atoms with Crippen LogP contribution in [0.3, 0.4) is 0 Å². The molecule has 0 bridgehead atoms. The number of rotatable bonds is 3. The molecule has 0 aliphatic carbocycles. The first-order valence-corrected chi connectivity index (χ1v) is 7.89. The highest BCUT2D eigenvalue weighted by atomic mass is 19.1. The van der Waals surface area contributed by atoms with Crippen LogP contribution in [-0.2, 0) is 0 Å². The van der Waals surface area contributed by atoms with Crippen LogP contribution in [0.2, 0.25) is 0 Å². The lowest BCUT2D eigenvalue weighted by molar-refractivity contribution is 0.102. The zero-order valence-electron chi connectivity index (χ0n) is 14.2. The summed E-state index contributed by atoms with van der Waals surface area (Å²) in [6, 6.07) is 12.1. The van der Waals surface area contributed by atoms with E-state index in [2.05, 4.69) is 5.32 Å². The third-order valence-electron chi connectivity index (χ3n) is 4.21. The molecule has 1 aromatic heterocycles. The maximum Gasteiger partial charge on any atom is 0.257 e. The standard InChI is InChI=1S/C20H18F2N2O/c1-12-4-5-16(22)11-19(12)23-20(25)18-10-13(2)24(14(18)3)17-8-6-15(21)7-9-17/h4-11H,1-3H3,(H,23,25). The molecule has 0 spiro atoms. The summed E-state index contributed by atoms with van der Waals surface area (Å²) in [7, 11) is 0. The third-order valence-corrected chi connectivity index (χ3v) is 4.21. The number of nitrogens with zero attached hydrogens (tertiary/aromatic N) is 1. The van der Waals surface area contributed by atoms with Crippen molar-refractivity contribution in [3.8, 4) is 5.69 Å². The van der Waals surface area contributed by atoms with Gasteiger partial charge in [-0.15, -0.1) is 0 Å². The van der Waals surface area contributed by atoms with Crippen molar-refractivity contribution in [2.75, 3.05) is 5.32 Å². The molecule has 0 atom stereocenters. The highest BCUT2D eigenvalue weighted by Crippen LogP contribution is 2.23. The average molecular weight is 340 g/mol. The molecular formula is C20H18F2N2O. The summed E-state index contributed by atoms with van der Waals surface area (Å²) in [5.74, 6) is -1.03. The minimum absolute atomic E-state index is 0.310. The molecular weight excluding hydrogens is 322 g/mol. The molecule has 128 valence electrons. The number of carbonyl (C=O) groups is 1. The van der Waals surface area contributed by atoms with Crippen LogP contribution >= 0.6 is 0 Å². The van der Waals surface area contributed by atoms with Crippen molar-refractivity contribution >= 4 is 11.6 Å². The van der Waals surface area contributed by atoms with Crippen LogP contribution in [0, 0.1) is 32.4 Å². The molecule has 0 radical (unpaired) electrons. The lowest BCUT2D eigenvalue weighted by Gasteiger charge is -2.11. The predicted octanol–water partition coefficient (Wildman–Crippen LogP) is 4.93. The van der Waals surface area contributed by atoms with E-state index in [-0.39, 0.29) is 11.7 Å². The number of hydrogen-bond acceptors (Lipinski definition) is 1. The van der Waals surface area contributed by atoms with Gasteiger partial charge in [-0.2, -0.15) is 0 Å². The van der Waals surface area contributed by atoms with Crippen molar-refractivity contribution in [2.24, 2.45) is 0 Å². The fourth-order valence-electron chi connectivity index (χ4n) is 2.90. The normalized spacial score (nSPS) is 10.8. The van der Waals surface area contributed by atoms with Gasteiger partial charge in [-0.05, 0) is 68.8 Å². The van der Waals surface area contributed by atoms with Gasteiger partial charge in [-0.3, -0.25) is 4.79 Å². The van der Waals surface area contributed by atoms with E-state index in [1.165, 1.54) is 24.3 Å². The van der Waals surface area contributed by atoms with Gasteiger partial charge in [0, 0.05) is 22.8 Å². The minimum Gasteiger partial charge on any atom is -0.322 e. The summed E-state index contributed by atoms with van der Waals surface area (Å²) in [4.78, 5) is 12.6. The van der Waals surface area contributed by atoms with Gasteiger partial charge in [-0.1, -0.05) is 6.07 Å². The van der Waals surface area contributed by atoms with E-state index < -0.39 is 5.82 Å². The van der Waals surface area contributed by atoms with Gasteiger partial charge in [0.1, 0.15) is 11.6 Å². The maximum absolute atomic E-state index is 13.4. The van der Waals surface area contributed by atoms with Gasteiger partial charge < -0.3 is 9.88 Å². The van der Waals surface area contributed by atoms with Gasteiger partial charge >= 0.3 is 0 Å². The Hall–Kier alpha value is -2.95. The Morgan fingerprint density at radius 3 is 2.24 bits per heavy atom. The maximum atomic E-state index is 13.4. The number of anilines is 1. The van der Waals surface area contributed by atoms with Crippen molar-refractivity contribution in [1.82, 2.24) is 4.57 Å². The first-order chi connectivity index (χ1) is 11.9. The molecule has 1 N–H and O–H groups in total. The van der Waals surface area contributed by atoms with Crippen molar-refractivity contribution in [3.63, 3.8) is 0 Å². The molecule has 0 saturated heterocycles. The van der Waals surface area contributed by atoms with E-state index in [9.17, 15) is 13.6 Å². The van der Waals surface area contributed by atoms with Crippen LogP contribution in [0.1, 0.15) is 27.3 Å². The fraction of sp³-hybridized carbons (Fsp3) is 0.150. The predicted molar refractivity (Wildman–Crippen MR) is 94.3 cm³/mol. The SMILES string of the molecule is Cc1ccc(F)cc1NC(=O)c1cc(C)n(-c2ccc(F)cc2)c1C. The molecule has 5 heteroatoms. The van der Waals surface area contributed by atoms with Crippen molar-refractivity contribution < 1.29 is 13.6 Å². The minimum atomic E-state index is -0.405. The Morgan fingerprint density at radius 1 is 0.920 bits per heavy atom. The second-order valence-corrected chi connectivity index (χ2v) is 6.01. The molecule has 3 nitrogen and oxygen atoms in total. The summed E-state index contributed by atoms with van der Waals surface area (Å²) < 4.78 is 28.4. The summed E-state index contributed by atoms with van der Waals surface area (Å²) >= 11 is 0. The fourth-order valence-corrected chi connectivity index (χ4v) is 2.90. The quantitative estimate of drug-likeness (QED) is 0.720.